The Morgan fingerprint density at radius 3 is 2.40 bits per heavy atom. The summed E-state index contributed by atoms with van der Waals surface area (Å²) in [4.78, 5) is 7.18. The minimum atomic E-state index is -3.56. The molecule has 0 radical (unpaired) electrons. The molecule has 7 heteroatoms. The molecule has 0 fully saturated rings. The maximum absolute atomic E-state index is 12.4. The number of imidazole rings is 1. The van der Waals surface area contributed by atoms with Crippen LogP contribution in [0.2, 0.25) is 0 Å². The average Bonchev–Trinajstić information content (AvgIpc) is 2.88. The van der Waals surface area contributed by atoms with Crippen molar-refractivity contribution in [2.45, 2.75) is 25.3 Å². The zero-order valence-corrected chi connectivity index (χ0v) is 12.5. The Labute approximate surface area is 118 Å². The molecule has 0 spiro atoms. The number of anilines is 1. The fraction of sp³-hybridized carbons (Fsp3) is 0.308. The zero-order chi connectivity index (χ0) is 14.8. The highest BCUT2D eigenvalue weighted by atomic mass is 32.2. The lowest BCUT2D eigenvalue weighted by Gasteiger charge is -2.13. The van der Waals surface area contributed by atoms with Crippen molar-refractivity contribution >= 4 is 15.7 Å². The quantitative estimate of drug-likeness (QED) is 0.781. The first-order valence-electron chi connectivity index (χ1n) is 6.21. The number of aromatic amines is 1. The molecular formula is C13H18N4O2S. The summed E-state index contributed by atoms with van der Waals surface area (Å²) in [5.41, 5.74) is 2.31. The second-order valence-corrected chi connectivity index (χ2v) is 6.25. The van der Waals surface area contributed by atoms with Gasteiger partial charge < -0.3 is 10.3 Å². The topological polar surface area (TPSA) is 86.9 Å². The normalized spacial score (nSPS) is 11.6. The van der Waals surface area contributed by atoms with Crippen LogP contribution in [-0.4, -0.2) is 25.4 Å². The molecule has 20 heavy (non-hydrogen) atoms. The third-order valence-electron chi connectivity index (χ3n) is 3.00. The van der Waals surface area contributed by atoms with Gasteiger partial charge in [0.15, 0.2) is 0 Å². The van der Waals surface area contributed by atoms with Crippen molar-refractivity contribution in [3.05, 3.63) is 41.5 Å². The molecule has 1 aromatic heterocycles. The van der Waals surface area contributed by atoms with E-state index in [-0.39, 0.29) is 6.54 Å². The number of nitrogens with zero attached hydrogens (tertiary/aromatic N) is 1. The van der Waals surface area contributed by atoms with Crippen LogP contribution in [0.4, 0.5) is 5.69 Å². The van der Waals surface area contributed by atoms with E-state index in [1.165, 1.54) is 0 Å². The van der Waals surface area contributed by atoms with E-state index in [1.54, 1.807) is 33.3 Å². The van der Waals surface area contributed by atoms with Crippen molar-refractivity contribution in [1.82, 2.24) is 14.7 Å². The summed E-state index contributed by atoms with van der Waals surface area (Å²) in [5, 5.41) is 3.01. The smallest absolute Gasteiger partial charge is 0.241 e. The van der Waals surface area contributed by atoms with Crippen molar-refractivity contribution in [2.75, 3.05) is 12.4 Å². The van der Waals surface area contributed by atoms with Crippen molar-refractivity contribution < 1.29 is 8.42 Å². The minimum Gasteiger partial charge on any atom is -0.388 e. The lowest BCUT2D eigenvalue weighted by Crippen LogP contribution is -2.25. The fourth-order valence-electron chi connectivity index (χ4n) is 2.15. The summed E-state index contributed by atoms with van der Waals surface area (Å²) in [6, 6.07) is 3.63. The molecule has 0 saturated heterocycles. The van der Waals surface area contributed by atoms with Crippen LogP contribution in [0, 0.1) is 13.8 Å². The minimum absolute atomic E-state index is 0.141. The van der Waals surface area contributed by atoms with Gasteiger partial charge in [-0.05, 0) is 37.1 Å². The van der Waals surface area contributed by atoms with Gasteiger partial charge in [0, 0.05) is 25.1 Å². The predicted octanol–water partition coefficient (Wildman–Crippen LogP) is 1.55. The molecule has 0 aliphatic rings. The highest BCUT2D eigenvalue weighted by Gasteiger charge is 2.20. The predicted molar refractivity (Wildman–Crippen MR) is 78.1 cm³/mol. The lowest BCUT2D eigenvalue weighted by atomic mass is 10.1. The highest BCUT2D eigenvalue weighted by Crippen LogP contribution is 2.24. The monoisotopic (exact) mass is 294 g/mol. The van der Waals surface area contributed by atoms with Gasteiger partial charge in [-0.3, -0.25) is 0 Å². The van der Waals surface area contributed by atoms with E-state index in [4.69, 9.17) is 0 Å². The average molecular weight is 294 g/mol. The Kier molecular flexibility index (Phi) is 4.10. The first-order chi connectivity index (χ1) is 9.44. The maximum Gasteiger partial charge on any atom is 0.241 e. The molecular weight excluding hydrogens is 276 g/mol. The van der Waals surface area contributed by atoms with Gasteiger partial charge in [-0.25, -0.2) is 18.1 Å². The standard InChI is InChI=1S/C13H18N4O2S/c1-9-6-11(14-3)7-10(2)13(9)20(18,19)17-8-12-15-4-5-16-12/h4-7,14,17H,8H2,1-3H3,(H,15,16). The lowest BCUT2D eigenvalue weighted by molar-refractivity contribution is 0.578. The van der Waals surface area contributed by atoms with Gasteiger partial charge in [-0.15, -0.1) is 0 Å². The van der Waals surface area contributed by atoms with Crippen LogP contribution in [0.1, 0.15) is 17.0 Å². The highest BCUT2D eigenvalue weighted by molar-refractivity contribution is 7.89. The Hall–Kier alpha value is -1.86. The Balaban J connectivity index is 2.29. The van der Waals surface area contributed by atoms with Crippen LogP contribution in [0.5, 0.6) is 0 Å². The Morgan fingerprint density at radius 2 is 1.90 bits per heavy atom. The number of sulfonamides is 1. The van der Waals surface area contributed by atoms with Crippen molar-refractivity contribution in [2.24, 2.45) is 0 Å². The van der Waals surface area contributed by atoms with Crippen LogP contribution in [0.25, 0.3) is 0 Å². The molecule has 0 aliphatic carbocycles. The zero-order valence-electron chi connectivity index (χ0n) is 11.7. The number of H-pyrrole nitrogens is 1. The third-order valence-corrected chi connectivity index (χ3v) is 4.71. The van der Waals surface area contributed by atoms with E-state index in [0.29, 0.717) is 21.8 Å². The van der Waals surface area contributed by atoms with E-state index >= 15 is 0 Å². The van der Waals surface area contributed by atoms with E-state index in [1.807, 2.05) is 12.1 Å². The van der Waals surface area contributed by atoms with Crippen molar-refractivity contribution in [3.63, 3.8) is 0 Å². The molecule has 0 saturated carbocycles. The SMILES string of the molecule is CNc1cc(C)c(S(=O)(=O)NCc2ncc[nH]2)c(C)c1. The second-order valence-electron chi connectivity index (χ2n) is 4.55. The molecule has 1 heterocycles. The van der Waals surface area contributed by atoms with Gasteiger partial charge in [-0.2, -0.15) is 0 Å². The summed E-state index contributed by atoms with van der Waals surface area (Å²) < 4.78 is 27.3. The second kappa shape index (κ2) is 5.64. The van der Waals surface area contributed by atoms with Gasteiger partial charge in [0.05, 0.1) is 11.4 Å². The Morgan fingerprint density at radius 1 is 1.25 bits per heavy atom. The number of aryl methyl sites for hydroxylation is 2. The largest absolute Gasteiger partial charge is 0.388 e. The molecule has 0 aliphatic heterocycles. The molecule has 0 atom stereocenters. The molecule has 2 aromatic rings. The van der Waals surface area contributed by atoms with Crippen LogP contribution >= 0.6 is 0 Å². The number of nitrogens with one attached hydrogen (secondary N) is 3. The molecule has 2 rings (SSSR count). The molecule has 6 nitrogen and oxygen atoms in total. The van der Waals surface area contributed by atoms with E-state index in [0.717, 1.165) is 5.69 Å². The summed E-state index contributed by atoms with van der Waals surface area (Å²) >= 11 is 0. The van der Waals surface area contributed by atoms with Crippen molar-refractivity contribution in [1.29, 1.82) is 0 Å². The summed E-state index contributed by atoms with van der Waals surface area (Å²) in [6.07, 6.45) is 3.24. The van der Waals surface area contributed by atoms with E-state index in [9.17, 15) is 8.42 Å². The molecule has 108 valence electrons. The number of hydrogen-bond donors (Lipinski definition) is 3. The first-order valence-corrected chi connectivity index (χ1v) is 7.69. The van der Waals surface area contributed by atoms with Crippen LogP contribution in [0.3, 0.4) is 0 Å². The van der Waals surface area contributed by atoms with Crippen LogP contribution < -0.4 is 10.0 Å². The summed E-state index contributed by atoms with van der Waals surface area (Å²) in [7, 11) is -1.76. The van der Waals surface area contributed by atoms with E-state index in [2.05, 4.69) is 20.0 Å². The van der Waals surface area contributed by atoms with E-state index < -0.39 is 10.0 Å². The number of rotatable bonds is 5. The molecule has 0 bridgehead atoms. The summed E-state index contributed by atoms with van der Waals surface area (Å²) in [6.45, 7) is 3.71. The molecule has 0 amide bonds. The summed E-state index contributed by atoms with van der Waals surface area (Å²) in [5.74, 6) is 0.579. The third kappa shape index (κ3) is 3.00. The van der Waals surface area contributed by atoms with Gasteiger partial charge in [0.25, 0.3) is 0 Å². The molecule has 0 unspecified atom stereocenters. The number of aromatic nitrogens is 2. The maximum atomic E-state index is 12.4. The Bertz CT molecular complexity index is 670. The van der Waals surface area contributed by atoms with Gasteiger partial charge in [0.1, 0.15) is 5.82 Å². The molecule has 3 N–H and O–H groups in total. The van der Waals surface area contributed by atoms with Crippen LogP contribution in [-0.2, 0) is 16.6 Å². The van der Waals surface area contributed by atoms with Crippen molar-refractivity contribution in [3.8, 4) is 0 Å². The first kappa shape index (κ1) is 14.5. The molecule has 1 aromatic carbocycles. The number of benzene rings is 1. The fourth-order valence-corrected chi connectivity index (χ4v) is 3.59. The number of hydrogen-bond acceptors (Lipinski definition) is 4. The van der Waals surface area contributed by atoms with Gasteiger partial charge in [-0.1, -0.05) is 0 Å². The van der Waals surface area contributed by atoms with Gasteiger partial charge >= 0.3 is 0 Å². The van der Waals surface area contributed by atoms with Gasteiger partial charge in [0.2, 0.25) is 10.0 Å². The van der Waals surface area contributed by atoms with Crippen LogP contribution in [0.15, 0.2) is 29.4 Å².